The van der Waals surface area contributed by atoms with Crippen molar-refractivity contribution < 1.29 is 14.0 Å². The molecule has 3 aromatic rings. The summed E-state index contributed by atoms with van der Waals surface area (Å²) < 4.78 is 7.38. The van der Waals surface area contributed by atoms with Crippen LogP contribution in [-0.4, -0.2) is 67.8 Å². The zero-order valence-electron chi connectivity index (χ0n) is 18.6. The summed E-state index contributed by atoms with van der Waals surface area (Å²) >= 11 is 1.46. The molecule has 1 atom stereocenters. The average molecular weight is 466 g/mol. The van der Waals surface area contributed by atoms with Crippen molar-refractivity contribution in [3.8, 4) is 0 Å². The molecule has 1 aliphatic carbocycles. The summed E-state index contributed by atoms with van der Waals surface area (Å²) in [6.45, 7) is 4.65. The summed E-state index contributed by atoms with van der Waals surface area (Å²) in [5.74, 6) is 1.76. The Kier molecular flexibility index (Phi) is 6.22. The van der Waals surface area contributed by atoms with Gasteiger partial charge in [0.15, 0.2) is 10.9 Å². The second kappa shape index (κ2) is 9.43. The van der Waals surface area contributed by atoms with Gasteiger partial charge in [-0.2, -0.15) is 0 Å². The zero-order valence-corrected chi connectivity index (χ0v) is 19.4. The summed E-state index contributed by atoms with van der Waals surface area (Å²) in [5, 5.41) is 9.41. The molecule has 0 bridgehead atoms. The summed E-state index contributed by atoms with van der Waals surface area (Å²) in [6, 6.07) is 13.6. The Morgan fingerprint density at radius 1 is 1.03 bits per heavy atom. The van der Waals surface area contributed by atoms with Crippen molar-refractivity contribution in [2.75, 3.05) is 26.2 Å². The highest BCUT2D eigenvalue weighted by Gasteiger charge is 2.33. The first-order valence-corrected chi connectivity index (χ1v) is 12.2. The molecule has 2 aromatic heterocycles. The lowest BCUT2D eigenvalue weighted by Gasteiger charge is -2.35. The van der Waals surface area contributed by atoms with Gasteiger partial charge < -0.3 is 18.8 Å². The number of amides is 2. The van der Waals surface area contributed by atoms with Crippen molar-refractivity contribution in [1.29, 1.82) is 0 Å². The van der Waals surface area contributed by atoms with E-state index in [1.807, 2.05) is 30.0 Å². The number of nitrogens with zero attached hydrogens (tertiary/aromatic N) is 5. The van der Waals surface area contributed by atoms with Gasteiger partial charge in [-0.25, -0.2) is 0 Å². The molecule has 3 heterocycles. The SMILES string of the molecule is C[C@H](Sc1nnc(C2CC2)n1Cc1ccccc1)C(=O)N1CCN(C(=O)c2ccco2)CC1. The standard InChI is InChI=1S/C24H27N5O3S/c1-17(22(30)27-11-13-28(14-12-27)23(31)20-8-5-15-32-20)33-24-26-25-21(19-9-10-19)29(24)16-18-6-3-2-4-7-18/h2-8,15,17,19H,9-14,16H2,1H3/t17-/m0/s1. The van der Waals surface area contributed by atoms with Crippen LogP contribution in [0.1, 0.15) is 47.6 Å². The zero-order chi connectivity index (χ0) is 22.8. The minimum Gasteiger partial charge on any atom is -0.459 e. The van der Waals surface area contributed by atoms with Crippen molar-refractivity contribution in [1.82, 2.24) is 24.6 Å². The van der Waals surface area contributed by atoms with Crippen LogP contribution in [0.25, 0.3) is 0 Å². The van der Waals surface area contributed by atoms with E-state index in [9.17, 15) is 9.59 Å². The molecule has 1 aromatic carbocycles. The van der Waals surface area contributed by atoms with Crippen molar-refractivity contribution in [2.24, 2.45) is 0 Å². The van der Waals surface area contributed by atoms with Gasteiger partial charge in [0.05, 0.1) is 18.1 Å². The van der Waals surface area contributed by atoms with Crippen molar-refractivity contribution in [2.45, 2.75) is 42.6 Å². The van der Waals surface area contributed by atoms with Crippen LogP contribution in [0.3, 0.4) is 0 Å². The normalized spacial score (nSPS) is 17.2. The maximum absolute atomic E-state index is 13.2. The number of carbonyl (C=O) groups excluding carboxylic acids is 2. The fourth-order valence-electron chi connectivity index (χ4n) is 4.10. The van der Waals surface area contributed by atoms with E-state index in [1.54, 1.807) is 17.0 Å². The molecule has 172 valence electrons. The Labute approximate surface area is 197 Å². The summed E-state index contributed by atoms with van der Waals surface area (Å²) in [7, 11) is 0. The largest absolute Gasteiger partial charge is 0.459 e. The molecule has 2 fully saturated rings. The van der Waals surface area contributed by atoms with Gasteiger partial charge in [-0.05, 0) is 37.5 Å². The number of aromatic nitrogens is 3. The Morgan fingerprint density at radius 2 is 1.76 bits per heavy atom. The number of hydrogen-bond acceptors (Lipinski definition) is 6. The molecule has 1 saturated carbocycles. The van der Waals surface area contributed by atoms with Gasteiger partial charge in [0.25, 0.3) is 5.91 Å². The molecule has 2 amide bonds. The van der Waals surface area contributed by atoms with Gasteiger partial charge >= 0.3 is 0 Å². The molecule has 5 rings (SSSR count). The molecule has 0 radical (unpaired) electrons. The van der Waals surface area contributed by atoms with Crippen molar-refractivity contribution >= 4 is 23.6 Å². The third-order valence-corrected chi connectivity index (χ3v) is 7.18. The average Bonchev–Trinajstić information content (AvgIpc) is 3.39. The lowest BCUT2D eigenvalue weighted by molar-refractivity contribution is -0.131. The third-order valence-electron chi connectivity index (χ3n) is 6.11. The van der Waals surface area contributed by atoms with Crippen LogP contribution in [0, 0.1) is 0 Å². The Morgan fingerprint density at radius 3 is 2.42 bits per heavy atom. The Bertz CT molecular complexity index is 1100. The van der Waals surface area contributed by atoms with Gasteiger partial charge in [-0.1, -0.05) is 42.1 Å². The Balaban J connectivity index is 1.22. The van der Waals surface area contributed by atoms with E-state index >= 15 is 0 Å². The van der Waals surface area contributed by atoms with Crippen molar-refractivity contribution in [3.05, 3.63) is 65.9 Å². The smallest absolute Gasteiger partial charge is 0.289 e. The molecule has 0 N–H and O–H groups in total. The van der Waals surface area contributed by atoms with Gasteiger partial charge in [0.2, 0.25) is 5.91 Å². The minimum absolute atomic E-state index is 0.0623. The molecule has 33 heavy (non-hydrogen) atoms. The van der Waals surface area contributed by atoms with Gasteiger partial charge in [0, 0.05) is 32.1 Å². The molecule has 2 aliphatic rings. The topological polar surface area (TPSA) is 84.5 Å². The van der Waals surface area contributed by atoms with Crippen LogP contribution in [0.5, 0.6) is 0 Å². The van der Waals surface area contributed by atoms with E-state index in [4.69, 9.17) is 4.42 Å². The molecule has 1 saturated heterocycles. The quantitative estimate of drug-likeness (QED) is 0.498. The van der Waals surface area contributed by atoms with Crippen LogP contribution in [0.2, 0.25) is 0 Å². The van der Waals surface area contributed by atoms with Crippen LogP contribution in [-0.2, 0) is 11.3 Å². The number of carbonyl (C=O) groups is 2. The molecule has 0 spiro atoms. The number of rotatable bonds is 7. The molecular weight excluding hydrogens is 438 g/mol. The van der Waals surface area contributed by atoms with E-state index < -0.39 is 0 Å². The van der Waals surface area contributed by atoms with E-state index in [1.165, 1.54) is 23.6 Å². The second-order valence-corrected chi connectivity index (χ2v) is 9.85. The van der Waals surface area contributed by atoms with Gasteiger partial charge in [-0.3, -0.25) is 9.59 Å². The van der Waals surface area contributed by atoms with E-state index in [2.05, 4.69) is 26.9 Å². The molecular formula is C24H27N5O3S. The van der Waals surface area contributed by atoms with Crippen LogP contribution < -0.4 is 0 Å². The first kappa shape index (κ1) is 21.8. The lowest BCUT2D eigenvalue weighted by atomic mass is 10.2. The lowest BCUT2D eigenvalue weighted by Crippen LogP contribution is -2.52. The highest BCUT2D eigenvalue weighted by molar-refractivity contribution is 8.00. The highest BCUT2D eigenvalue weighted by Crippen LogP contribution is 2.40. The molecule has 0 unspecified atom stereocenters. The van der Waals surface area contributed by atoms with E-state index in [0.717, 1.165) is 23.8 Å². The predicted molar refractivity (Wildman–Crippen MR) is 124 cm³/mol. The molecule has 8 nitrogen and oxygen atoms in total. The number of furan rings is 1. The van der Waals surface area contributed by atoms with Crippen LogP contribution in [0.15, 0.2) is 58.3 Å². The highest BCUT2D eigenvalue weighted by atomic mass is 32.2. The number of benzene rings is 1. The second-order valence-electron chi connectivity index (χ2n) is 8.54. The predicted octanol–water partition coefficient (Wildman–Crippen LogP) is 3.26. The fourth-order valence-corrected chi connectivity index (χ4v) is 5.04. The summed E-state index contributed by atoms with van der Waals surface area (Å²) in [6.07, 6.45) is 3.79. The number of piperazine rings is 1. The maximum atomic E-state index is 13.2. The third kappa shape index (κ3) is 4.83. The van der Waals surface area contributed by atoms with E-state index in [0.29, 0.717) is 44.4 Å². The molecule has 1 aliphatic heterocycles. The first-order chi connectivity index (χ1) is 16.1. The van der Waals surface area contributed by atoms with E-state index in [-0.39, 0.29) is 17.1 Å². The minimum atomic E-state index is -0.289. The van der Waals surface area contributed by atoms with Crippen molar-refractivity contribution in [3.63, 3.8) is 0 Å². The Hall–Kier alpha value is -3.07. The van der Waals surface area contributed by atoms with Crippen LogP contribution >= 0.6 is 11.8 Å². The van der Waals surface area contributed by atoms with Gasteiger partial charge in [-0.15, -0.1) is 10.2 Å². The summed E-state index contributed by atoms with van der Waals surface area (Å²) in [5.41, 5.74) is 1.19. The number of thioether (sulfide) groups is 1. The van der Waals surface area contributed by atoms with Gasteiger partial charge in [0.1, 0.15) is 5.82 Å². The summed E-state index contributed by atoms with van der Waals surface area (Å²) in [4.78, 5) is 29.2. The van der Waals surface area contributed by atoms with Crippen LogP contribution in [0.4, 0.5) is 0 Å². The first-order valence-electron chi connectivity index (χ1n) is 11.4. The fraction of sp³-hybridized carbons (Fsp3) is 0.417. The maximum Gasteiger partial charge on any atom is 0.289 e. The number of hydrogen-bond donors (Lipinski definition) is 0. The monoisotopic (exact) mass is 465 g/mol. The molecule has 9 heteroatoms.